The molecule has 0 unspecified atom stereocenters. The minimum Gasteiger partial charge on any atom is -0.455 e. The lowest BCUT2D eigenvalue weighted by molar-refractivity contribution is 0.0995. The van der Waals surface area contributed by atoms with Gasteiger partial charge in [-0.15, -0.1) is 6.58 Å². The third-order valence-corrected chi connectivity index (χ3v) is 6.42. The summed E-state index contributed by atoms with van der Waals surface area (Å²) in [7, 11) is -1.52. The van der Waals surface area contributed by atoms with Crippen LogP contribution in [0.25, 0.3) is 0 Å². The van der Waals surface area contributed by atoms with Gasteiger partial charge in [0.15, 0.2) is 10.9 Å². The van der Waals surface area contributed by atoms with E-state index in [0.29, 0.717) is 22.8 Å². The summed E-state index contributed by atoms with van der Waals surface area (Å²) in [6.07, 6.45) is 5.07. The maximum Gasteiger partial charge on any atom is 0.291 e. The van der Waals surface area contributed by atoms with Crippen LogP contribution in [0.4, 0.5) is 5.69 Å². The number of aromatic nitrogens is 2. The van der Waals surface area contributed by atoms with Crippen molar-refractivity contribution in [2.45, 2.75) is 16.7 Å². The first-order valence-corrected chi connectivity index (χ1v) is 11.7. The Kier molecular flexibility index (Phi) is 7.14. The molecule has 2 aromatic heterocycles. The van der Waals surface area contributed by atoms with E-state index in [2.05, 4.69) is 21.6 Å². The second-order valence-corrected chi connectivity index (χ2v) is 9.17. The number of furan rings is 1. The van der Waals surface area contributed by atoms with Gasteiger partial charge in [0.1, 0.15) is 5.76 Å². The van der Waals surface area contributed by atoms with Gasteiger partial charge in [-0.05, 0) is 29.8 Å². The normalized spacial score (nSPS) is 11.4. The van der Waals surface area contributed by atoms with Gasteiger partial charge in [-0.1, -0.05) is 30.0 Å². The number of hydrogen-bond acceptors (Lipinski definition) is 6. The fourth-order valence-corrected chi connectivity index (χ4v) is 4.47. The summed E-state index contributed by atoms with van der Waals surface area (Å²) in [5.41, 5.74) is 1.15. The largest absolute Gasteiger partial charge is 0.455 e. The van der Waals surface area contributed by atoms with Gasteiger partial charge in [0, 0.05) is 31.7 Å². The van der Waals surface area contributed by atoms with Gasteiger partial charge in [0.25, 0.3) is 5.91 Å². The van der Waals surface area contributed by atoms with Crippen LogP contribution in [0.2, 0.25) is 0 Å². The number of anilines is 1. The quantitative estimate of drug-likeness (QED) is 0.366. The zero-order chi connectivity index (χ0) is 21.6. The van der Waals surface area contributed by atoms with Gasteiger partial charge in [-0.25, -0.2) is 18.1 Å². The number of benzene rings is 1. The third kappa shape index (κ3) is 6.09. The number of rotatable bonds is 10. The van der Waals surface area contributed by atoms with Gasteiger partial charge in [-0.3, -0.25) is 4.79 Å². The minimum atomic E-state index is -3.43. The summed E-state index contributed by atoms with van der Waals surface area (Å²) < 4.78 is 33.8. The molecule has 10 heteroatoms. The highest BCUT2D eigenvalue weighted by Crippen LogP contribution is 2.22. The molecule has 1 amide bonds. The van der Waals surface area contributed by atoms with E-state index in [0.717, 1.165) is 5.16 Å². The molecular formula is C20H22N4O4S2. The number of thioether (sulfide) groups is 1. The van der Waals surface area contributed by atoms with E-state index in [9.17, 15) is 13.2 Å². The van der Waals surface area contributed by atoms with E-state index >= 15 is 0 Å². The number of carbonyl (C=O) groups excluding carboxylic acids is 1. The molecule has 0 aliphatic rings. The highest BCUT2D eigenvalue weighted by atomic mass is 32.2. The number of nitrogens with one attached hydrogen (secondary N) is 2. The van der Waals surface area contributed by atoms with E-state index in [4.69, 9.17) is 4.42 Å². The molecule has 0 spiro atoms. The Bertz CT molecular complexity index is 1120. The number of aryl methyl sites for hydroxylation is 1. The van der Waals surface area contributed by atoms with Gasteiger partial charge < -0.3 is 14.3 Å². The van der Waals surface area contributed by atoms with Gasteiger partial charge in [0.2, 0.25) is 10.0 Å². The van der Waals surface area contributed by atoms with Crippen LogP contribution in [0, 0.1) is 0 Å². The molecule has 0 aliphatic carbocycles. The van der Waals surface area contributed by atoms with Gasteiger partial charge >= 0.3 is 0 Å². The molecule has 0 radical (unpaired) electrons. The van der Waals surface area contributed by atoms with Crippen LogP contribution >= 0.6 is 11.8 Å². The van der Waals surface area contributed by atoms with Crippen molar-refractivity contribution in [1.29, 1.82) is 0 Å². The van der Waals surface area contributed by atoms with Crippen LogP contribution in [-0.2, 0) is 28.6 Å². The Morgan fingerprint density at radius 2 is 2.03 bits per heavy atom. The molecule has 3 aromatic rings. The van der Waals surface area contributed by atoms with Crippen LogP contribution < -0.4 is 10.0 Å². The maximum absolute atomic E-state index is 12.4. The van der Waals surface area contributed by atoms with E-state index in [1.54, 1.807) is 42.6 Å². The lowest BCUT2D eigenvalue weighted by Crippen LogP contribution is -2.25. The van der Waals surface area contributed by atoms with Crippen LogP contribution in [0.5, 0.6) is 0 Å². The van der Waals surface area contributed by atoms with E-state index in [1.165, 1.54) is 17.8 Å². The molecule has 2 heterocycles. The number of amides is 1. The summed E-state index contributed by atoms with van der Waals surface area (Å²) in [6.45, 7) is 3.66. The minimum absolute atomic E-state index is 0.149. The van der Waals surface area contributed by atoms with Gasteiger partial charge in [0.05, 0.1) is 11.5 Å². The standard InChI is InChI=1S/C20H22N4O4S2/c1-3-10-22-30(26,27)14-15-4-6-16(7-5-15)23-19(25)18-9-8-17(28-18)13-29-20-21-11-12-24(20)2/h3-9,11-12,22H,1,10,13-14H2,2H3,(H,23,25). The fourth-order valence-electron chi connectivity index (χ4n) is 2.54. The second-order valence-electron chi connectivity index (χ2n) is 6.42. The smallest absolute Gasteiger partial charge is 0.291 e. The van der Waals surface area contributed by atoms with Crippen molar-refractivity contribution in [3.8, 4) is 0 Å². The SMILES string of the molecule is C=CCNS(=O)(=O)Cc1ccc(NC(=O)c2ccc(CSc3nccn3C)o2)cc1. The second kappa shape index (κ2) is 9.79. The first-order chi connectivity index (χ1) is 14.4. The van der Waals surface area contributed by atoms with Crippen LogP contribution in [0.15, 0.2) is 71.0 Å². The Morgan fingerprint density at radius 3 is 2.70 bits per heavy atom. The Hall–Kier alpha value is -2.82. The maximum atomic E-state index is 12.4. The Balaban J connectivity index is 1.55. The zero-order valence-electron chi connectivity index (χ0n) is 16.4. The molecule has 2 N–H and O–H groups in total. The van der Waals surface area contributed by atoms with Crippen molar-refractivity contribution in [2.24, 2.45) is 7.05 Å². The van der Waals surface area contributed by atoms with E-state index in [-0.39, 0.29) is 24.0 Å². The average Bonchev–Trinajstić information content (AvgIpc) is 3.35. The molecule has 158 valence electrons. The molecule has 0 saturated heterocycles. The predicted octanol–water partition coefficient (Wildman–Crippen LogP) is 3.16. The van der Waals surface area contributed by atoms with Crippen LogP contribution in [-0.4, -0.2) is 30.4 Å². The first-order valence-electron chi connectivity index (χ1n) is 9.03. The number of hydrogen-bond donors (Lipinski definition) is 2. The summed E-state index contributed by atoms with van der Waals surface area (Å²) in [4.78, 5) is 16.6. The lowest BCUT2D eigenvalue weighted by Gasteiger charge is -2.07. The van der Waals surface area contributed by atoms with Crippen LogP contribution in [0.1, 0.15) is 21.9 Å². The number of sulfonamides is 1. The summed E-state index contributed by atoms with van der Waals surface area (Å²) in [6, 6.07) is 9.98. The van der Waals surface area contributed by atoms with Crippen LogP contribution in [0.3, 0.4) is 0 Å². The number of nitrogens with zero attached hydrogens (tertiary/aromatic N) is 2. The molecule has 0 bridgehead atoms. The van der Waals surface area contributed by atoms with E-state index < -0.39 is 10.0 Å². The summed E-state index contributed by atoms with van der Waals surface area (Å²) >= 11 is 1.51. The number of carbonyl (C=O) groups is 1. The van der Waals surface area contributed by atoms with Crippen molar-refractivity contribution < 1.29 is 17.6 Å². The van der Waals surface area contributed by atoms with Crippen molar-refractivity contribution in [3.05, 3.63) is 78.5 Å². The molecule has 0 saturated carbocycles. The lowest BCUT2D eigenvalue weighted by atomic mass is 10.2. The molecule has 0 atom stereocenters. The van der Waals surface area contributed by atoms with Gasteiger partial charge in [-0.2, -0.15) is 0 Å². The molecule has 8 nitrogen and oxygen atoms in total. The van der Waals surface area contributed by atoms with Crippen molar-refractivity contribution in [1.82, 2.24) is 14.3 Å². The fraction of sp³-hybridized carbons (Fsp3) is 0.200. The molecule has 0 fully saturated rings. The molecule has 1 aromatic carbocycles. The highest BCUT2D eigenvalue weighted by molar-refractivity contribution is 7.98. The highest BCUT2D eigenvalue weighted by Gasteiger charge is 2.14. The molecule has 30 heavy (non-hydrogen) atoms. The molecule has 3 rings (SSSR count). The number of imidazole rings is 1. The third-order valence-electron chi connectivity index (χ3n) is 4.02. The summed E-state index contributed by atoms with van der Waals surface area (Å²) in [5.74, 6) is 0.897. The topological polar surface area (TPSA) is 106 Å². The monoisotopic (exact) mass is 446 g/mol. The Labute approximate surface area is 179 Å². The van der Waals surface area contributed by atoms with Crippen molar-refractivity contribution in [3.63, 3.8) is 0 Å². The summed E-state index contributed by atoms with van der Waals surface area (Å²) in [5, 5.41) is 3.60. The first kappa shape index (κ1) is 21.9. The molecule has 0 aliphatic heterocycles. The predicted molar refractivity (Wildman–Crippen MR) is 117 cm³/mol. The van der Waals surface area contributed by atoms with Crippen molar-refractivity contribution in [2.75, 3.05) is 11.9 Å². The molecular weight excluding hydrogens is 424 g/mol. The zero-order valence-corrected chi connectivity index (χ0v) is 18.0. The Morgan fingerprint density at radius 1 is 1.27 bits per heavy atom. The van der Waals surface area contributed by atoms with E-state index in [1.807, 2.05) is 17.8 Å². The average molecular weight is 447 g/mol. The van der Waals surface area contributed by atoms with Crippen molar-refractivity contribution >= 4 is 33.4 Å².